The minimum atomic E-state index is -0.415. The number of carbonyl (C=O) groups is 2. The lowest BCUT2D eigenvalue weighted by molar-refractivity contribution is -0.141. The molecule has 1 aliphatic heterocycles. The molecule has 2 aromatic carbocycles. The molecule has 0 atom stereocenters. The van der Waals surface area contributed by atoms with Gasteiger partial charge in [-0.1, -0.05) is 30.3 Å². The molecule has 1 aliphatic rings. The maximum Gasteiger partial charge on any atom is 0.311 e. The first kappa shape index (κ1) is 19.4. The first-order valence-corrected chi connectivity index (χ1v) is 9.20. The number of hydrogen-bond donors (Lipinski definition) is 0. The second kappa shape index (κ2) is 8.99. The van der Waals surface area contributed by atoms with Crippen molar-refractivity contribution in [3.05, 3.63) is 65.7 Å². The number of esters is 1. The first-order valence-electron chi connectivity index (χ1n) is 9.20. The van der Waals surface area contributed by atoms with Crippen molar-refractivity contribution in [2.45, 2.75) is 20.3 Å². The van der Waals surface area contributed by atoms with E-state index in [1.54, 1.807) is 25.1 Å². The molecule has 0 saturated heterocycles. The van der Waals surface area contributed by atoms with Gasteiger partial charge in [-0.3, -0.25) is 9.59 Å². The number of hydrazone groups is 1. The molecule has 28 heavy (non-hydrogen) atoms. The molecule has 0 aliphatic carbocycles. The number of hydrogen-bond acceptors (Lipinski definition) is 5. The van der Waals surface area contributed by atoms with E-state index in [0.717, 1.165) is 11.3 Å². The summed E-state index contributed by atoms with van der Waals surface area (Å²) in [7, 11) is 0. The third-order valence-electron chi connectivity index (χ3n) is 4.07. The predicted octanol–water partition coefficient (Wildman–Crippen LogP) is 3.82. The Morgan fingerprint density at radius 1 is 1.04 bits per heavy atom. The van der Waals surface area contributed by atoms with Gasteiger partial charge in [0.05, 0.1) is 36.6 Å². The fraction of sp³-hybridized carbons (Fsp3) is 0.227. The number of nitrogens with zero attached hydrogens (tertiary/aromatic N) is 2. The summed E-state index contributed by atoms with van der Waals surface area (Å²) < 4.78 is 10.5. The van der Waals surface area contributed by atoms with Gasteiger partial charge < -0.3 is 9.47 Å². The van der Waals surface area contributed by atoms with E-state index in [0.29, 0.717) is 23.6 Å². The summed E-state index contributed by atoms with van der Waals surface area (Å²) in [4.78, 5) is 25.0. The minimum absolute atomic E-state index is 0.0637. The van der Waals surface area contributed by atoms with Crippen LogP contribution < -0.4 is 9.75 Å². The van der Waals surface area contributed by atoms with Crippen LogP contribution >= 0.6 is 0 Å². The Morgan fingerprint density at radius 3 is 2.39 bits per heavy atom. The van der Waals surface area contributed by atoms with Gasteiger partial charge in [0.25, 0.3) is 5.91 Å². The molecule has 2 aromatic rings. The summed E-state index contributed by atoms with van der Waals surface area (Å²) in [6.07, 6.45) is 1.67. The summed E-state index contributed by atoms with van der Waals surface area (Å²) in [6.45, 7) is 4.53. The molecule has 0 aromatic heterocycles. The van der Waals surface area contributed by atoms with Crippen molar-refractivity contribution in [1.82, 2.24) is 0 Å². The van der Waals surface area contributed by atoms with Crippen molar-refractivity contribution in [2.75, 3.05) is 18.2 Å². The minimum Gasteiger partial charge on any atom is -0.494 e. The lowest BCUT2D eigenvalue weighted by Gasteiger charge is -2.11. The fourth-order valence-electron chi connectivity index (χ4n) is 2.82. The molecule has 0 spiro atoms. The van der Waals surface area contributed by atoms with Crippen LogP contribution in [0.3, 0.4) is 0 Å². The maximum absolute atomic E-state index is 13.0. The van der Waals surface area contributed by atoms with Crippen LogP contribution in [0.5, 0.6) is 5.75 Å². The van der Waals surface area contributed by atoms with Crippen molar-refractivity contribution in [3.8, 4) is 5.75 Å². The molecule has 0 N–H and O–H groups in total. The predicted molar refractivity (Wildman–Crippen MR) is 108 cm³/mol. The molecule has 1 heterocycles. The van der Waals surface area contributed by atoms with Crippen LogP contribution in [0.2, 0.25) is 0 Å². The van der Waals surface area contributed by atoms with Gasteiger partial charge in [-0.25, -0.2) is 0 Å². The highest BCUT2D eigenvalue weighted by Gasteiger charge is 2.32. The van der Waals surface area contributed by atoms with Gasteiger partial charge in [0, 0.05) is 0 Å². The van der Waals surface area contributed by atoms with E-state index in [2.05, 4.69) is 5.10 Å². The van der Waals surface area contributed by atoms with Crippen molar-refractivity contribution >= 4 is 29.4 Å². The lowest BCUT2D eigenvalue weighted by atomic mass is 10.0. The maximum atomic E-state index is 13.0. The van der Waals surface area contributed by atoms with Gasteiger partial charge in [-0.15, -0.1) is 0 Å². The second-order valence-corrected chi connectivity index (χ2v) is 6.04. The van der Waals surface area contributed by atoms with E-state index in [1.807, 2.05) is 49.4 Å². The quantitative estimate of drug-likeness (QED) is 0.542. The molecule has 6 nitrogen and oxygen atoms in total. The highest BCUT2D eigenvalue weighted by Crippen LogP contribution is 2.26. The standard InChI is InChI=1S/C22H22N2O4/c1-3-27-18-12-10-16(11-13-18)14-19-20(15-21(25)28-4-2)23-24(22(19)26)17-8-6-5-7-9-17/h5-14H,3-4,15H2,1-2H3. The molecule has 1 amide bonds. The Hall–Kier alpha value is -3.41. The van der Waals surface area contributed by atoms with Crippen LogP contribution in [0.1, 0.15) is 25.8 Å². The topological polar surface area (TPSA) is 68.2 Å². The van der Waals surface area contributed by atoms with E-state index in [1.165, 1.54) is 5.01 Å². The van der Waals surface area contributed by atoms with Crippen molar-refractivity contribution < 1.29 is 19.1 Å². The molecule has 0 fully saturated rings. The summed E-state index contributed by atoms with van der Waals surface area (Å²) >= 11 is 0. The lowest BCUT2D eigenvalue weighted by Crippen LogP contribution is -2.21. The van der Waals surface area contributed by atoms with Crippen molar-refractivity contribution in [2.24, 2.45) is 5.10 Å². The zero-order valence-corrected chi connectivity index (χ0v) is 15.9. The Labute approximate surface area is 164 Å². The Bertz CT molecular complexity index is 902. The zero-order valence-electron chi connectivity index (χ0n) is 15.9. The van der Waals surface area contributed by atoms with Crippen LogP contribution in [-0.4, -0.2) is 30.8 Å². The average molecular weight is 378 g/mol. The first-order chi connectivity index (χ1) is 13.6. The summed E-state index contributed by atoms with van der Waals surface area (Å²) in [5.74, 6) is 0.0645. The van der Waals surface area contributed by atoms with Gasteiger partial charge in [-0.2, -0.15) is 10.1 Å². The van der Waals surface area contributed by atoms with E-state index in [4.69, 9.17) is 9.47 Å². The number of para-hydroxylation sites is 1. The summed E-state index contributed by atoms with van der Waals surface area (Å²) in [6, 6.07) is 16.5. The largest absolute Gasteiger partial charge is 0.494 e. The number of anilines is 1. The van der Waals surface area contributed by atoms with Crippen molar-refractivity contribution in [3.63, 3.8) is 0 Å². The van der Waals surface area contributed by atoms with Gasteiger partial charge >= 0.3 is 5.97 Å². The number of amides is 1. The molecule has 0 unspecified atom stereocenters. The average Bonchev–Trinajstić information content (AvgIpc) is 3.00. The van der Waals surface area contributed by atoms with E-state index in [9.17, 15) is 9.59 Å². The van der Waals surface area contributed by atoms with Crippen LogP contribution in [0.15, 0.2) is 65.3 Å². The number of ether oxygens (including phenoxy) is 2. The number of rotatable bonds is 7. The second-order valence-electron chi connectivity index (χ2n) is 6.04. The van der Waals surface area contributed by atoms with E-state index < -0.39 is 5.97 Å². The van der Waals surface area contributed by atoms with Crippen LogP contribution in [0.25, 0.3) is 6.08 Å². The molecular formula is C22H22N2O4. The van der Waals surface area contributed by atoms with Crippen LogP contribution in [0, 0.1) is 0 Å². The highest BCUT2D eigenvalue weighted by atomic mass is 16.5. The molecular weight excluding hydrogens is 356 g/mol. The third-order valence-corrected chi connectivity index (χ3v) is 4.07. The van der Waals surface area contributed by atoms with Gasteiger partial charge in [0.15, 0.2) is 0 Å². The molecule has 0 saturated carbocycles. The highest BCUT2D eigenvalue weighted by molar-refractivity contribution is 6.34. The summed E-state index contributed by atoms with van der Waals surface area (Å²) in [5.41, 5.74) is 2.23. The monoisotopic (exact) mass is 378 g/mol. The fourth-order valence-corrected chi connectivity index (χ4v) is 2.82. The van der Waals surface area contributed by atoms with Crippen molar-refractivity contribution in [1.29, 1.82) is 0 Å². The molecule has 6 heteroatoms. The normalized spacial score (nSPS) is 14.9. The van der Waals surface area contributed by atoms with E-state index >= 15 is 0 Å². The smallest absolute Gasteiger partial charge is 0.311 e. The molecule has 144 valence electrons. The Morgan fingerprint density at radius 2 is 1.75 bits per heavy atom. The zero-order chi connectivity index (χ0) is 19.9. The Balaban J connectivity index is 1.93. The van der Waals surface area contributed by atoms with Gasteiger partial charge in [-0.05, 0) is 49.8 Å². The summed E-state index contributed by atoms with van der Waals surface area (Å²) in [5, 5.41) is 5.71. The van der Waals surface area contributed by atoms with Gasteiger partial charge in [0.1, 0.15) is 5.75 Å². The Kier molecular flexibility index (Phi) is 6.22. The van der Waals surface area contributed by atoms with Gasteiger partial charge in [0.2, 0.25) is 0 Å². The third kappa shape index (κ3) is 4.46. The van der Waals surface area contributed by atoms with E-state index in [-0.39, 0.29) is 18.9 Å². The van der Waals surface area contributed by atoms with Crippen LogP contribution in [0.4, 0.5) is 5.69 Å². The number of benzene rings is 2. The molecule has 0 bridgehead atoms. The molecule has 0 radical (unpaired) electrons. The van der Waals surface area contributed by atoms with Crippen LogP contribution in [-0.2, 0) is 14.3 Å². The number of carbonyl (C=O) groups excluding carboxylic acids is 2. The molecule has 3 rings (SSSR count). The SMILES string of the molecule is CCOC(=O)CC1=NN(c2ccccc2)C(=O)C1=Cc1ccc(OCC)cc1.